The van der Waals surface area contributed by atoms with E-state index in [1.807, 2.05) is 17.0 Å². The van der Waals surface area contributed by atoms with Crippen molar-refractivity contribution in [3.8, 4) is 0 Å². The minimum absolute atomic E-state index is 0.105. The Kier molecular flexibility index (Phi) is 1.83. The molecule has 0 radical (unpaired) electrons. The predicted octanol–water partition coefficient (Wildman–Crippen LogP) is 0.496. The average molecular weight is 202 g/mol. The Morgan fingerprint density at radius 3 is 2.73 bits per heavy atom. The van der Waals surface area contributed by atoms with Crippen molar-refractivity contribution < 1.29 is 4.79 Å². The van der Waals surface area contributed by atoms with Gasteiger partial charge in [0.25, 0.3) is 0 Å². The fourth-order valence-electron chi connectivity index (χ4n) is 2.39. The van der Waals surface area contributed by atoms with E-state index in [2.05, 4.69) is 12.1 Å². The summed E-state index contributed by atoms with van der Waals surface area (Å²) in [6, 6.07) is 8.38. The molecule has 2 aliphatic rings. The summed E-state index contributed by atoms with van der Waals surface area (Å²) in [5.74, 6) is 0.365. The monoisotopic (exact) mass is 202 g/mol. The van der Waals surface area contributed by atoms with Crippen molar-refractivity contribution in [1.29, 1.82) is 0 Å². The largest absolute Gasteiger partial charge is 0.339 e. The van der Waals surface area contributed by atoms with Crippen LogP contribution in [0, 0.1) is 0 Å². The van der Waals surface area contributed by atoms with Crippen molar-refractivity contribution in [2.45, 2.75) is 18.4 Å². The highest BCUT2D eigenvalue weighted by molar-refractivity contribution is 5.87. The molecule has 0 spiro atoms. The van der Waals surface area contributed by atoms with Crippen molar-refractivity contribution >= 4 is 5.91 Å². The molecule has 1 aliphatic carbocycles. The number of carbonyl (C=O) groups excluding carboxylic acids is 1. The summed E-state index contributed by atoms with van der Waals surface area (Å²) in [4.78, 5) is 13.9. The van der Waals surface area contributed by atoms with Crippen LogP contribution in [0.25, 0.3) is 0 Å². The van der Waals surface area contributed by atoms with Gasteiger partial charge in [-0.3, -0.25) is 4.79 Å². The molecule has 1 aromatic rings. The minimum atomic E-state index is 0.105. The van der Waals surface area contributed by atoms with E-state index in [4.69, 9.17) is 5.73 Å². The van der Waals surface area contributed by atoms with Gasteiger partial charge in [-0.15, -0.1) is 0 Å². The van der Waals surface area contributed by atoms with Crippen LogP contribution in [-0.4, -0.2) is 29.9 Å². The third-order valence-corrected chi connectivity index (χ3v) is 3.37. The molecule has 3 heteroatoms. The smallest absolute Gasteiger partial charge is 0.230 e. The van der Waals surface area contributed by atoms with E-state index in [0.717, 1.165) is 19.5 Å². The van der Waals surface area contributed by atoms with E-state index in [1.165, 1.54) is 11.1 Å². The maximum Gasteiger partial charge on any atom is 0.230 e. The maximum atomic E-state index is 12.0. The Labute approximate surface area is 88.9 Å². The van der Waals surface area contributed by atoms with Gasteiger partial charge < -0.3 is 10.6 Å². The topological polar surface area (TPSA) is 46.3 Å². The molecule has 1 aromatic carbocycles. The van der Waals surface area contributed by atoms with E-state index in [9.17, 15) is 4.79 Å². The number of nitrogens with zero attached hydrogens (tertiary/aromatic N) is 1. The summed E-state index contributed by atoms with van der Waals surface area (Å²) >= 11 is 0. The van der Waals surface area contributed by atoms with E-state index < -0.39 is 0 Å². The third-order valence-electron chi connectivity index (χ3n) is 3.37. The summed E-state index contributed by atoms with van der Waals surface area (Å²) in [7, 11) is 0. The second-order valence-corrected chi connectivity index (χ2v) is 4.46. The van der Waals surface area contributed by atoms with Gasteiger partial charge in [-0.05, 0) is 17.5 Å². The van der Waals surface area contributed by atoms with E-state index in [0.29, 0.717) is 0 Å². The lowest BCUT2D eigenvalue weighted by Crippen LogP contribution is -2.59. The zero-order chi connectivity index (χ0) is 10.4. The van der Waals surface area contributed by atoms with Gasteiger partial charge in [0.05, 0.1) is 5.92 Å². The quantitative estimate of drug-likeness (QED) is 0.720. The molecule has 1 atom stereocenters. The zero-order valence-electron chi connectivity index (χ0n) is 8.52. The lowest BCUT2D eigenvalue weighted by molar-refractivity contribution is -0.137. The lowest BCUT2D eigenvalue weighted by atomic mass is 9.76. The standard InChI is InChI=1S/C12H14N2O/c13-9-6-14(7-9)12(15)11-5-8-3-1-2-4-10(8)11/h1-4,9,11H,5-7,13H2. The van der Waals surface area contributed by atoms with E-state index in [-0.39, 0.29) is 17.9 Å². The Balaban J connectivity index is 1.74. The van der Waals surface area contributed by atoms with Crippen molar-refractivity contribution in [1.82, 2.24) is 4.90 Å². The van der Waals surface area contributed by atoms with Crippen LogP contribution in [0.3, 0.4) is 0 Å². The second-order valence-electron chi connectivity index (χ2n) is 4.46. The third kappa shape index (κ3) is 1.27. The number of carbonyl (C=O) groups is 1. The van der Waals surface area contributed by atoms with Gasteiger partial charge in [0.1, 0.15) is 0 Å². The molecular weight excluding hydrogens is 188 g/mol. The predicted molar refractivity (Wildman–Crippen MR) is 57.4 cm³/mol. The summed E-state index contributed by atoms with van der Waals surface area (Å²) in [6.07, 6.45) is 0.904. The maximum absolute atomic E-state index is 12.0. The summed E-state index contributed by atoms with van der Waals surface area (Å²) in [5.41, 5.74) is 8.20. The van der Waals surface area contributed by atoms with Gasteiger partial charge >= 0.3 is 0 Å². The number of nitrogens with two attached hydrogens (primary N) is 1. The highest BCUT2D eigenvalue weighted by atomic mass is 16.2. The van der Waals surface area contributed by atoms with Gasteiger partial charge in [-0.25, -0.2) is 0 Å². The first-order valence-corrected chi connectivity index (χ1v) is 5.38. The van der Waals surface area contributed by atoms with Gasteiger partial charge in [-0.1, -0.05) is 24.3 Å². The number of benzene rings is 1. The molecule has 1 heterocycles. The Morgan fingerprint density at radius 2 is 2.07 bits per heavy atom. The summed E-state index contributed by atoms with van der Waals surface area (Å²) in [5, 5.41) is 0. The number of amides is 1. The van der Waals surface area contributed by atoms with Crippen LogP contribution in [-0.2, 0) is 11.2 Å². The highest BCUT2D eigenvalue weighted by Crippen LogP contribution is 2.36. The van der Waals surface area contributed by atoms with Crippen LogP contribution in [0.4, 0.5) is 0 Å². The summed E-state index contributed by atoms with van der Waals surface area (Å²) in [6.45, 7) is 1.47. The Bertz CT molecular complexity index is 410. The van der Waals surface area contributed by atoms with Gasteiger partial charge in [0, 0.05) is 19.1 Å². The fraction of sp³-hybridized carbons (Fsp3) is 0.417. The number of likely N-dealkylation sites (tertiary alicyclic amines) is 1. The number of rotatable bonds is 1. The highest BCUT2D eigenvalue weighted by Gasteiger charge is 2.38. The number of hydrogen-bond acceptors (Lipinski definition) is 2. The minimum Gasteiger partial charge on any atom is -0.339 e. The molecule has 0 aromatic heterocycles. The first kappa shape index (κ1) is 8.92. The first-order valence-electron chi connectivity index (χ1n) is 5.38. The molecule has 0 bridgehead atoms. The molecule has 1 aliphatic heterocycles. The van der Waals surface area contributed by atoms with Crippen LogP contribution in [0.1, 0.15) is 17.0 Å². The molecular formula is C12H14N2O. The summed E-state index contributed by atoms with van der Waals surface area (Å²) < 4.78 is 0. The van der Waals surface area contributed by atoms with Crippen LogP contribution in [0.2, 0.25) is 0 Å². The Hall–Kier alpha value is -1.35. The Morgan fingerprint density at radius 1 is 1.33 bits per heavy atom. The van der Waals surface area contributed by atoms with Gasteiger partial charge in [-0.2, -0.15) is 0 Å². The van der Waals surface area contributed by atoms with Gasteiger partial charge in [0.2, 0.25) is 5.91 Å². The van der Waals surface area contributed by atoms with Crippen LogP contribution in [0.5, 0.6) is 0 Å². The van der Waals surface area contributed by atoms with Crippen molar-refractivity contribution in [3.05, 3.63) is 35.4 Å². The zero-order valence-corrected chi connectivity index (χ0v) is 8.52. The second kappa shape index (κ2) is 3.07. The normalized spacial score (nSPS) is 24.1. The molecule has 15 heavy (non-hydrogen) atoms. The van der Waals surface area contributed by atoms with E-state index >= 15 is 0 Å². The van der Waals surface area contributed by atoms with Crippen LogP contribution < -0.4 is 5.73 Å². The first-order chi connectivity index (χ1) is 7.25. The number of fused-ring (bicyclic) bond motifs is 1. The van der Waals surface area contributed by atoms with Crippen LogP contribution >= 0.6 is 0 Å². The molecule has 2 N–H and O–H groups in total. The molecule has 1 unspecified atom stereocenters. The molecule has 0 saturated carbocycles. The van der Waals surface area contributed by atoms with E-state index in [1.54, 1.807) is 0 Å². The molecule has 3 nitrogen and oxygen atoms in total. The van der Waals surface area contributed by atoms with Crippen molar-refractivity contribution in [2.24, 2.45) is 5.73 Å². The van der Waals surface area contributed by atoms with Crippen LogP contribution in [0.15, 0.2) is 24.3 Å². The van der Waals surface area contributed by atoms with Crippen molar-refractivity contribution in [2.75, 3.05) is 13.1 Å². The molecule has 1 amide bonds. The molecule has 1 saturated heterocycles. The molecule has 3 rings (SSSR count). The number of hydrogen-bond donors (Lipinski definition) is 1. The fourth-order valence-corrected chi connectivity index (χ4v) is 2.39. The SMILES string of the molecule is NC1CN(C(=O)C2Cc3ccccc32)C1. The van der Waals surface area contributed by atoms with Gasteiger partial charge in [0.15, 0.2) is 0 Å². The molecule has 78 valence electrons. The lowest BCUT2D eigenvalue weighted by Gasteiger charge is -2.41. The molecule has 1 fully saturated rings. The van der Waals surface area contributed by atoms with Crippen molar-refractivity contribution in [3.63, 3.8) is 0 Å². The average Bonchev–Trinajstić information content (AvgIpc) is 2.15.